The fraction of sp³-hybridized carbons (Fsp3) is 0.538. The van der Waals surface area contributed by atoms with Crippen LogP contribution in [0.3, 0.4) is 0 Å². The third kappa shape index (κ3) is 4.02. The van der Waals surface area contributed by atoms with Crippen molar-refractivity contribution in [2.75, 3.05) is 6.61 Å². The van der Waals surface area contributed by atoms with Gasteiger partial charge in [-0.3, -0.25) is 0 Å². The van der Waals surface area contributed by atoms with Gasteiger partial charge in [0.15, 0.2) is 0 Å². The minimum atomic E-state index is 0.163. The van der Waals surface area contributed by atoms with E-state index < -0.39 is 0 Å². The summed E-state index contributed by atoms with van der Waals surface area (Å²) in [6.07, 6.45) is 0.965. The van der Waals surface area contributed by atoms with Crippen LogP contribution >= 0.6 is 0 Å². The summed E-state index contributed by atoms with van der Waals surface area (Å²) in [4.78, 5) is 0. The second-order valence-corrected chi connectivity index (χ2v) is 4.11. The molecular formula is C13H21NO. The molecule has 0 heterocycles. The molecule has 2 heteroatoms. The first-order valence-electron chi connectivity index (χ1n) is 5.53. The normalized spacial score (nSPS) is 12.8. The molecule has 0 aliphatic rings. The lowest BCUT2D eigenvalue weighted by Crippen LogP contribution is -2.24. The zero-order valence-corrected chi connectivity index (χ0v) is 9.92. The van der Waals surface area contributed by atoms with E-state index in [2.05, 4.69) is 39.0 Å². The molecule has 0 aliphatic heterocycles. The van der Waals surface area contributed by atoms with E-state index in [0.717, 1.165) is 6.42 Å². The van der Waals surface area contributed by atoms with Crippen molar-refractivity contribution in [3.8, 4) is 0 Å². The first-order valence-corrected chi connectivity index (χ1v) is 5.53. The number of nitrogens with two attached hydrogens (primary N) is 1. The van der Waals surface area contributed by atoms with Crippen LogP contribution in [0.4, 0.5) is 0 Å². The van der Waals surface area contributed by atoms with Crippen molar-refractivity contribution in [3.05, 3.63) is 34.9 Å². The van der Waals surface area contributed by atoms with Crippen molar-refractivity contribution in [3.63, 3.8) is 0 Å². The van der Waals surface area contributed by atoms with E-state index in [-0.39, 0.29) is 6.04 Å². The second kappa shape index (κ2) is 5.89. The highest BCUT2D eigenvalue weighted by molar-refractivity contribution is 5.29. The predicted molar refractivity (Wildman–Crippen MR) is 63.8 cm³/mol. The van der Waals surface area contributed by atoms with Crippen molar-refractivity contribution < 1.29 is 4.74 Å². The van der Waals surface area contributed by atoms with Crippen LogP contribution in [0.5, 0.6) is 0 Å². The lowest BCUT2D eigenvalue weighted by molar-refractivity contribution is 0.106. The molecule has 1 aromatic rings. The van der Waals surface area contributed by atoms with Crippen molar-refractivity contribution in [2.24, 2.45) is 5.73 Å². The maximum Gasteiger partial charge on any atom is 0.0720 e. The molecule has 0 saturated carbocycles. The molecule has 1 rings (SSSR count). The van der Waals surface area contributed by atoms with Gasteiger partial charge in [0.25, 0.3) is 0 Å². The Morgan fingerprint density at radius 3 is 2.67 bits per heavy atom. The van der Waals surface area contributed by atoms with Crippen LogP contribution in [0, 0.1) is 13.8 Å². The maximum absolute atomic E-state index is 5.77. The van der Waals surface area contributed by atoms with E-state index >= 15 is 0 Å². The molecule has 0 amide bonds. The van der Waals surface area contributed by atoms with Crippen molar-refractivity contribution in [2.45, 2.75) is 39.8 Å². The van der Waals surface area contributed by atoms with Gasteiger partial charge in [0, 0.05) is 6.04 Å². The van der Waals surface area contributed by atoms with Crippen molar-refractivity contribution >= 4 is 0 Å². The number of rotatable bonds is 5. The highest BCUT2D eigenvalue weighted by atomic mass is 16.5. The van der Waals surface area contributed by atoms with E-state index in [1.165, 1.54) is 16.7 Å². The van der Waals surface area contributed by atoms with E-state index in [1.54, 1.807) is 0 Å². The Balaban J connectivity index is 2.44. The summed E-state index contributed by atoms with van der Waals surface area (Å²) in [7, 11) is 0. The predicted octanol–water partition coefficient (Wildman–Crippen LogP) is 2.56. The smallest absolute Gasteiger partial charge is 0.0720 e. The number of hydrogen-bond acceptors (Lipinski definition) is 2. The molecule has 1 aromatic carbocycles. The van der Waals surface area contributed by atoms with Crippen LogP contribution < -0.4 is 5.73 Å². The van der Waals surface area contributed by atoms with Gasteiger partial charge in [-0.15, -0.1) is 0 Å². The van der Waals surface area contributed by atoms with Gasteiger partial charge in [-0.25, -0.2) is 0 Å². The Morgan fingerprint density at radius 1 is 1.33 bits per heavy atom. The molecule has 0 saturated heterocycles. The quantitative estimate of drug-likeness (QED) is 0.805. The summed E-state index contributed by atoms with van der Waals surface area (Å²) in [5.41, 5.74) is 9.61. The molecule has 0 unspecified atom stereocenters. The molecule has 0 radical (unpaired) electrons. The average Bonchev–Trinajstić information content (AvgIpc) is 2.21. The van der Waals surface area contributed by atoms with Gasteiger partial charge in [0.2, 0.25) is 0 Å². The molecule has 0 bridgehead atoms. The zero-order chi connectivity index (χ0) is 11.3. The van der Waals surface area contributed by atoms with E-state index in [0.29, 0.717) is 13.2 Å². The van der Waals surface area contributed by atoms with Crippen molar-refractivity contribution in [1.82, 2.24) is 0 Å². The van der Waals surface area contributed by atoms with Crippen LogP contribution in [0.1, 0.15) is 30.0 Å². The number of aryl methyl sites for hydroxylation is 2. The van der Waals surface area contributed by atoms with Crippen molar-refractivity contribution in [1.29, 1.82) is 0 Å². The minimum Gasteiger partial charge on any atom is -0.375 e. The first kappa shape index (κ1) is 12.2. The van der Waals surface area contributed by atoms with Gasteiger partial charge in [-0.05, 0) is 31.4 Å². The van der Waals surface area contributed by atoms with Crippen LogP contribution in [-0.2, 0) is 11.3 Å². The summed E-state index contributed by atoms with van der Waals surface area (Å²) in [5.74, 6) is 0. The fourth-order valence-corrected chi connectivity index (χ4v) is 1.45. The molecule has 2 nitrogen and oxygen atoms in total. The number of ether oxygens (including phenoxy) is 1. The van der Waals surface area contributed by atoms with E-state index in [1.807, 2.05) is 0 Å². The summed E-state index contributed by atoms with van der Waals surface area (Å²) in [6, 6.07) is 6.59. The van der Waals surface area contributed by atoms with Crippen LogP contribution in [0.2, 0.25) is 0 Å². The van der Waals surface area contributed by atoms with Gasteiger partial charge in [-0.1, -0.05) is 30.7 Å². The topological polar surface area (TPSA) is 35.2 Å². The summed E-state index contributed by atoms with van der Waals surface area (Å²) >= 11 is 0. The molecule has 0 aliphatic carbocycles. The Labute approximate surface area is 92.4 Å². The molecule has 1 atom stereocenters. The Hall–Kier alpha value is -0.860. The highest BCUT2D eigenvalue weighted by Crippen LogP contribution is 2.11. The SMILES string of the molecule is CC[C@@H](N)COCc1ccc(C)cc1C. The van der Waals surface area contributed by atoms with Gasteiger partial charge in [0.1, 0.15) is 0 Å². The third-order valence-corrected chi connectivity index (χ3v) is 2.61. The summed E-state index contributed by atoms with van der Waals surface area (Å²) in [6.45, 7) is 7.60. The molecule has 0 fully saturated rings. The zero-order valence-electron chi connectivity index (χ0n) is 9.92. The number of hydrogen-bond donors (Lipinski definition) is 1. The largest absolute Gasteiger partial charge is 0.375 e. The Morgan fingerprint density at radius 2 is 2.07 bits per heavy atom. The van der Waals surface area contributed by atoms with Gasteiger partial charge in [-0.2, -0.15) is 0 Å². The van der Waals surface area contributed by atoms with Crippen LogP contribution in [0.25, 0.3) is 0 Å². The minimum absolute atomic E-state index is 0.163. The Kier molecular flexibility index (Phi) is 4.79. The van der Waals surface area contributed by atoms with Gasteiger partial charge in [0.05, 0.1) is 13.2 Å². The average molecular weight is 207 g/mol. The van der Waals surface area contributed by atoms with E-state index in [9.17, 15) is 0 Å². The molecule has 0 spiro atoms. The summed E-state index contributed by atoms with van der Waals surface area (Å²) < 4.78 is 5.57. The highest BCUT2D eigenvalue weighted by Gasteiger charge is 2.01. The lowest BCUT2D eigenvalue weighted by atomic mass is 10.1. The first-order chi connectivity index (χ1) is 7.13. The van der Waals surface area contributed by atoms with E-state index in [4.69, 9.17) is 10.5 Å². The molecular weight excluding hydrogens is 186 g/mol. The standard InChI is InChI=1S/C13H21NO/c1-4-13(14)9-15-8-12-6-5-10(2)7-11(12)3/h5-7,13H,4,8-9,14H2,1-3H3/t13-/m1/s1. The van der Waals surface area contributed by atoms with Gasteiger partial charge < -0.3 is 10.5 Å². The lowest BCUT2D eigenvalue weighted by Gasteiger charge is -2.11. The molecule has 0 aromatic heterocycles. The van der Waals surface area contributed by atoms with Crippen LogP contribution in [-0.4, -0.2) is 12.6 Å². The molecule has 15 heavy (non-hydrogen) atoms. The fourth-order valence-electron chi connectivity index (χ4n) is 1.45. The van der Waals surface area contributed by atoms with Gasteiger partial charge >= 0.3 is 0 Å². The summed E-state index contributed by atoms with van der Waals surface area (Å²) in [5, 5.41) is 0. The second-order valence-electron chi connectivity index (χ2n) is 4.11. The monoisotopic (exact) mass is 207 g/mol. The third-order valence-electron chi connectivity index (χ3n) is 2.61. The molecule has 2 N–H and O–H groups in total. The maximum atomic E-state index is 5.77. The Bertz CT molecular complexity index is 309. The number of benzene rings is 1. The molecule has 84 valence electrons. The van der Waals surface area contributed by atoms with Crippen LogP contribution in [0.15, 0.2) is 18.2 Å².